The zero-order chi connectivity index (χ0) is 12.1. The number of halogens is 2. The molecule has 3 nitrogen and oxygen atoms in total. The first kappa shape index (κ1) is 16.5. The van der Waals surface area contributed by atoms with E-state index in [1.165, 1.54) is 0 Å². The second kappa shape index (κ2) is 7.77. The molecule has 0 aliphatic heterocycles. The van der Waals surface area contributed by atoms with Gasteiger partial charge in [0, 0.05) is 0 Å². The summed E-state index contributed by atoms with van der Waals surface area (Å²) in [5.74, 6) is 0.582. The molecule has 0 aliphatic rings. The number of nitrogens with two attached hydrogens (primary N) is 1. The standard InChI is InChI=1S/C12H18ClNO2.ClH/c1-3-4-10(15)12(14)8-5-6-9(13)11(7-8)16-2;/h5-7,10,12,15H,3-4,14H2,1-2H3;1H/t10-,12+;/m0./s1. The first-order valence-corrected chi connectivity index (χ1v) is 5.75. The second-order valence-electron chi connectivity index (χ2n) is 3.78. The van der Waals surface area contributed by atoms with Crippen LogP contribution in [-0.2, 0) is 0 Å². The molecule has 1 aromatic rings. The van der Waals surface area contributed by atoms with Gasteiger partial charge in [0.15, 0.2) is 0 Å². The van der Waals surface area contributed by atoms with E-state index in [-0.39, 0.29) is 12.4 Å². The van der Waals surface area contributed by atoms with E-state index in [1.54, 1.807) is 19.2 Å². The smallest absolute Gasteiger partial charge is 0.137 e. The molecule has 0 spiro atoms. The number of aliphatic hydroxyl groups excluding tert-OH is 1. The molecule has 0 saturated heterocycles. The van der Waals surface area contributed by atoms with Crippen LogP contribution in [0.4, 0.5) is 0 Å². The van der Waals surface area contributed by atoms with Gasteiger partial charge in [0.2, 0.25) is 0 Å². The van der Waals surface area contributed by atoms with Crippen molar-refractivity contribution in [3.63, 3.8) is 0 Å². The Morgan fingerprint density at radius 2 is 2.12 bits per heavy atom. The number of rotatable bonds is 5. The monoisotopic (exact) mass is 279 g/mol. The summed E-state index contributed by atoms with van der Waals surface area (Å²) >= 11 is 5.91. The number of hydrogen-bond donors (Lipinski definition) is 2. The van der Waals surface area contributed by atoms with E-state index in [0.717, 1.165) is 12.0 Å². The molecule has 98 valence electrons. The maximum Gasteiger partial charge on any atom is 0.137 e. The maximum absolute atomic E-state index is 9.81. The Morgan fingerprint density at radius 3 is 2.65 bits per heavy atom. The topological polar surface area (TPSA) is 55.5 Å². The third-order valence-corrected chi connectivity index (χ3v) is 2.87. The van der Waals surface area contributed by atoms with Crippen LogP contribution in [0.2, 0.25) is 5.02 Å². The van der Waals surface area contributed by atoms with E-state index in [2.05, 4.69) is 0 Å². The molecule has 0 fully saturated rings. The quantitative estimate of drug-likeness (QED) is 0.872. The van der Waals surface area contributed by atoms with E-state index in [4.69, 9.17) is 22.1 Å². The average molecular weight is 280 g/mol. The largest absolute Gasteiger partial charge is 0.495 e. The molecule has 0 radical (unpaired) electrons. The molecule has 0 heterocycles. The molecule has 5 heteroatoms. The Morgan fingerprint density at radius 1 is 1.47 bits per heavy atom. The van der Waals surface area contributed by atoms with Crippen LogP contribution in [0.15, 0.2) is 18.2 Å². The molecule has 0 aliphatic carbocycles. The highest BCUT2D eigenvalue weighted by atomic mass is 35.5. The molecule has 0 unspecified atom stereocenters. The second-order valence-corrected chi connectivity index (χ2v) is 4.18. The summed E-state index contributed by atoms with van der Waals surface area (Å²) in [6, 6.07) is 4.92. The van der Waals surface area contributed by atoms with Gasteiger partial charge in [-0.25, -0.2) is 0 Å². The van der Waals surface area contributed by atoms with Crippen LogP contribution in [0, 0.1) is 0 Å². The van der Waals surface area contributed by atoms with E-state index >= 15 is 0 Å². The zero-order valence-corrected chi connectivity index (χ0v) is 11.6. The number of benzene rings is 1. The first-order valence-electron chi connectivity index (χ1n) is 5.37. The summed E-state index contributed by atoms with van der Waals surface area (Å²) in [5, 5.41) is 10.4. The Labute approximate surface area is 113 Å². The molecular formula is C12H19Cl2NO2. The minimum Gasteiger partial charge on any atom is -0.495 e. The van der Waals surface area contributed by atoms with Gasteiger partial charge in [0.1, 0.15) is 5.75 Å². The maximum atomic E-state index is 9.81. The summed E-state index contributed by atoms with van der Waals surface area (Å²) in [5.41, 5.74) is 6.78. The van der Waals surface area contributed by atoms with Crippen molar-refractivity contribution in [2.75, 3.05) is 7.11 Å². The van der Waals surface area contributed by atoms with Gasteiger partial charge >= 0.3 is 0 Å². The zero-order valence-electron chi connectivity index (χ0n) is 10.0. The van der Waals surface area contributed by atoms with Crippen molar-refractivity contribution in [1.82, 2.24) is 0 Å². The molecule has 0 aromatic heterocycles. The lowest BCUT2D eigenvalue weighted by molar-refractivity contribution is 0.134. The van der Waals surface area contributed by atoms with Crippen LogP contribution >= 0.6 is 24.0 Å². The minimum absolute atomic E-state index is 0. The molecule has 2 atom stereocenters. The summed E-state index contributed by atoms with van der Waals surface area (Å²) < 4.78 is 5.11. The van der Waals surface area contributed by atoms with Crippen molar-refractivity contribution in [3.8, 4) is 5.75 Å². The van der Waals surface area contributed by atoms with E-state index in [0.29, 0.717) is 17.2 Å². The molecule has 0 amide bonds. The SMILES string of the molecule is CCC[C@H](O)[C@H](N)c1ccc(Cl)c(OC)c1.Cl. The fourth-order valence-electron chi connectivity index (χ4n) is 1.58. The lowest BCUT2D eigenvalue weighted by Gasteiger charge is -2.19. The fourth-order valence-corrected chi connectivity index (χ4v) is 1.78. The lowest BCUT2D eigenvalue weighted by atomic mass is 9.99. The normalized spacial score (nSPS) is 13.7. The van der Waals surface area contributed by atoms with Gasteiger partial charge in [-0.05, 0) is 24.1 Å². The predicted octanol–water partition coefficient (Wildman–Crippen LogP) is 2.93. The summed E-state index contributed by atoms with van der Waals surface area (Å²) in [6.45, 7) is 2.01. The molecule has 17 heavy (non-hydrogen) atoms. The summed E-state index contributed by atoms with van der Waals surface area (Å²) in [6.07, 6.45) is 1.06. The fraction of sp³-hybridized carbons (Fsp3) is 0.500. The summed E-state index contributed by atoms with van der Waals surface area (Å²) in [7, 11) is 1.55. The average Bonchev–Trinajstić information content (AvgIpc) is 2.29. The third kappa shape index (κ3) is 4.36. The molecule has 0 saturated carbocycles. The molecule has 1 rings (SSSR count). The first-order chi connectivity index (χ1) is 7.60. The van der Waals surface area contributed by atoms with E-state index < -0.39 is 12.1 Å². The van der Waals surface area contributed by atoms with Crippen molar-refractivity contribution in [2.24, 2.45) is 5.73 Å². The molecule has 0 bridgehead atoms. The van der Waals surface area contributed by atoms with Gasteiger partial charge in [-0.3, -0.25) is 0 Å². The molecular weight excluding hydrogens is 261 g/mol. The lowest BCUT2D eigenvalue weighted by Crippen LogP contribution is -2.25. The highest BCUT2D eigenvalue weighted by Gasteiger charge is 2.17. The van der Waals surface area contributed by atoms with Crippen LogP contribution in [0.25, 0.3) is 0 Å². The number of aliphatic hydroxyl groups is 1. The van der Waals surface area contributed by atoms with Crippen LogP contribution in [0.3, 0.4) is 0 Å². The van der Waals surface area contributed by atoms with Gasteiger partial charge in [-0.1, -0.05) is 31.0 Å². The third-order valence-electron chi connectivity index (χ3n) is 2.56. The molecule has 3 N–H and O–H groups in total. The van der Waals surface area contributed by atoms with Crippen LogP contribution < -0.4 is 10.5 Å². The predicted molar refractivity (Wildman–Crippen MR) is 73.1 cm³/mol. The number of ether oxygens (including phenoxy) is 1. The van der Waals surface area contributed by atoms with Gasteiger partial charge in [0.05, 0.1) is 24.3 Å². The number of methoxy groups -OCH3 is 1. The van der Waals surface area contributed by atoms with Gasteiger partial charge < -0.3 is 15.6 Å². The Bertz CT molecular complexity index is 347. The van der Waals surface area contributed by atoms with Gasteiger partial charge in [-0.2, -0.15) is 0 Å². The van der Waals surface area contributed by atoms with Crippen molar-refractivity contribution < 1.29 is 9.84 Å². The summed E-state index contributed by atoms with van der Waals surface area (Å²) in [4.78, 5) is 0. The van der Waals surface area contributed by atoms with Crippen molar-refractivity contribution >= 4 is 24.0 Å². The van der Waals surface area contributed by atoms with Crippen LogP contribution in [0.1, 0.15) is 31.4 Å². The van der Waals surface area contributed by atoms with E-state index in [9.17, 15) is 5.11 Å². The Kier molecular flexibility index (Phi) is 7.55. The van der Waals surface area contributed by atoms with Crippen molar-refractivity contribution in [1.29, 1.82) is 0 Å². The van der Waals surface area contributed by atoms with Crippen LogP contribution in [-0.4, -0.2) is 18.3 Å². The molecule has 1 aromatic carbocycles. The highest BCUT2D eigenvalue weighted by molar-refractivity contribution is 6.32. The van der Waals surface area contributed by atoms with E-state index in [1.807, 2.05) is 13.0 Å². The van der Waals surface area contributed by atoms with Crippen LogP contribution in [0.5, 0.6) is 5.75 Å². The van der Waals surface area contributed by atoms with Gasteiger partial charge in [0.25, 0.3) is 0 Å². The van der Waals surface area contributed by atoms with Gasteiger partial charge in [-0.15, -0.1) is 12.4 Å². The Hall–Kier alpha value is -0.480. The van der Waals surface area contributed by atoms with Crippen molar-refractivity contribution in [3.05, 3.63) is 28.8 Å². The van der Waals surface area contributed by atoms with Crippen molar-refractivity contribution in [2.45, 2.75) is 31.9 Å². The Balaban J connectivity index is 0.00000256. The minimum atomic E-state index is -0.532. The highest BCUT2D eigenvalue weighted by Crippen LogP contribution is 2.28. The number of hydrogen-bond acceptors (Lipinski definition) is 3.